The predicted octanol–water partition coefficient (Wildman–Crippen LogP) is 3.35. The van der Waals surface area contributed by atoms with Crippen molar-refractivity contribution in [2.24, 2.45) is 10.9 Å². The zero-order chi connectivity index (χ0) is 14.9. The van der Waals surface area contributed by atoms with E-state index in [4.69, 9.17) is 9.73 Å². The highest BCUT2D eigenvalue weighted by Crippen LogP contribution is 2.33. The monoisotopic (exact) mass is 417 g/mol. The number of aliphatic imine (C=N–C) groups is 1. The summed E-state index contributed by atoms with van der Waals surface area (Å²) in [5.41, 5.74) is 1.27. The SMILES string of the molecule is CCNC(=NCC1CCCOC1c1ccccc1)NCC.I. The Morgan fingerprint density at radius 2 is 1.86 bits per heavy atom. The molecule has 0 aromatic heterocycles. The van der Waals surface area contributed by atoms with Crippen LogP contribution in [0.25, 0.3) is 0 Å². The van der Waals surface area contributed by atoms with Gasteiger partial charge in [-0.1, -0.05) is 30.3 Å². The highest BCUT2D eigenvalue weighted by molar-refractivity contribution is 14.0. The maximum Gasteiger partial charge on any atom is 0.191 e. The summed E-state index contributed by atoms with van der Waals surface area (Å²) in [4.78, 5) is 4.72. The van der Waals surface area contributed by atoms with Crippen molar-refractivity contribution in [2.45, 2.75) is 32.8 Å². The van der Waals surface area contributed by atoms with Gasteiger partial charge in [0.15, 0.2) is 5.96 Å². The number of halogens is 1. The molecule has 0 bridgehead atoms. The van der Waals surface area contributed by atoms with E-state index >= 15 is 0 Å². The van der Waals surface area contributed by atoms with Crippen LogP contribution in [0, 0.1) is 5.92 Å². The van der Waals surface area contributed by atoms with Gasteiger partial charge in [-0.2, -0.15) is 0 Å². The molecule has 0 amide bonds. The van der Waals surface area contributed by atoms with Crippen LogP contribution in [-0.4, -0.2) is 32.2 Å². The zero-order valence-electron chi connectivity index (χ0n) is 13.5. The maximum absolute atomic E-state index is 6.02. The van der Waals surface area contributed by atoms with Crippen LogP contribution in [0.4, 0.5) is 0 Å². The van der Waals surface area contributed by atoms with E-state index in [1.54, 1.807) is 0 Å². The average molecular weight is 417 g/mol. The molecule has 2 rings (SSSR count). The fourth-order valence-electron chi connectivity index (χ4n) is 2.76. The minimum atomic E-state index is 0. The molecular weight excluding hydrogens is 389 g/mol. The van der Waals surface area contributed by atoms with Crippen LogP contribution < -0.4 is 10.6 Å². The van der Waals surface area contributed by atoms with Gasteiger partial charge in [0.2, 0.25) is 0 Å². The lowest BCUT2D eigenvalue weighted by Gasteiger charge is -2.31. The van der Waals surface area contributed by atoms with Crippen LogP contribution in [0.1, 0.15) is 38.4 Å². The summed E-state index contributed by atoms with van der Waals surface area (Å²) in [6, 6.07) is 10.5. The molecule has 0 aliphatic carbocycles. The first-order valence-electron chi connectivity index (χ1n) is 8.03. The summed E-state index contributed by atoms with van der Waals surface area (Å²) in [6.07, 6.45) is 2.48. The highest BCUT2D eigenvalue weighted by Gasteiger charge is 2.27. The van der Waals surface area contributed by atoms with Crippen LogP contribution in [0.5, 0.6) is 0 Å². The molecule has 1 aliphatic rings. The van der Waals surface area contributed by atoms with Gasteiger partial charge in [0, 0.05) is 32.2 Å². The van der Waals surface area contributed by atoms with Gasteiger partial charge in [0.1, 0.15) is 0 Å². The maximum atomic E-state index is 6.02. The van der Waals surface area contributed by atoms with Crippen molar-refractivity contribution in [3.8, 4) is 0 Å². The van der Waals surface area contributed by atoms with Gasteiger partial charge in [0.05, 0.1) is 6.10 Å². The number of hydrogen-bond donors (Lipinski definition) is 2. The molecule has 0 radical (unpaired) electrons. The van der Waals surface area contributed by atoms with Gasteiger partial charge in [-0.25, -0.2) is 0 Å². The number of hydrogen-bond acceptors (Lipinski definition) is 2. The molecule has 1 aliphatic heterocycles. The van der Waals surface area contributed by atoms with Crippen LogP contribution in [-0.2, 0) is 4.74 Å². The zero-order valence-corrected chi connectivity index (χ0v) is 15.9. The van der Waals surface area contributed by atoms with E-state index in [0.717, 1.165) is 38.6 Å². The molecule has 2 N–H and O–H groups in total. The summed E-state index contributed by atoms with van der Waals surface area (Å²) < 4.78 is 6.02. The molecule has 2 unspecified atom stereocenters. The Labute approximate surface area is 151 Å². The Morgan fingerprint density at radius 1 is 1.18 bits per heavy atom. The summed E-state index contributed by atoms with van der Waals surface area (Å²) in [5.74, 6) is 1.35. The Bertz CT molecular complexity index is 431. The first kappa shape index (κ1) is 19.2. The molecule has 0 spiro atoms. The van der Waals surface area contributed by atoms with Crippen LogP contribution in [0.15, 0.2) is 35.3 Å². The second-order valence-corrected chi connectivity index (χ2v) is 5.35. The van der Waals surface area contributed by atoms with E-state index < -0.39 is 0 Å². The van der Waals surface area contributed by atoms with Crippen molar-refractivity contribution in [1.29, 1.82) is 0 Å². The first-order valence-corrected chi connectivity index (χ1v) is 8.03. The normalized spacial score (nSPS) is 20.6. The van der Waals surface area contributed by atoms with Gasteiger partial charge in [-0.3, -0.25) is 4.99 Å². The largest absolute Gasteiger partial charge is 0.373 e. The molecule has 1 fully saturated rings. The molecule has 4 nitrogen and oxygen atoms in total. The number of nitrogens with zero attached hydrogens (tertiary/aromatic N) is 1. The van der Waals surface area contributed by atoms with E-state index in [2.05, 4.69) is 48.7 Å². The topological polar surface area (TPSA) is 45.7 Å². The molecular formula is C17H28IN3O. The standard InChI is InChI=1S/C17H27N3O.HI/c1-3-18-17(19-4-2)20-13-15-11-8-12-21-16(15)14-9-6-5-7-10-14;/h5-7,9-10,15-16H,3-4,8,11-13H2,1-2H3,(H2,18,19,20);1H. The summed E-state index contributed by atoms with van der Waals surface area (Å²) in [7, 11) is 0. The lowest BCUT2D eigenvalue weighted by Crippen LogP contribution is -2.38. The fourth-order valence-corrected chi connectivity index (χ4v) is 2.76. The molecule has 124 valence electrons. The highest BCUT2D eigenvalue weighted by atomic mass is 127. The quantitative estimate of drug-likeness (QED) is 0.439. The van der Waals surface area contributed by atoms with Crippen molar-refractivity contribution < 1.29 is 4.74 Å². The second-order valence-electron chi connectivity index (χ2n) is 5.35. The Balaban J connectivity index is 0.00000242. The first-order chi connectivity index (χ1) is 10.3. The molecule has 1 aromatic rings. The van der Waals surface area contributed by atoms with Crippen molar-refractivity contribution in [2.75, 3.05) is 26.2 Å². The van der Waals surface area contributed by atoms with E-state index in [1.807, 2.05) is 6.07 Å². The van der Waals surface area contributed by atoms with E-state index in [1.165, 1.54) is 12.0 Å². The lowest BCUT2D eigenvalue weighted by molar-refractivity contribution is -0.0250. The van der Waals surface area contributed by atoms with Gasteiger partial charge >= 0.3 is 0 Å². The van der Waals surface area contributed by atoms with E-state index in [9.17, 15) is 0 Å². The fraction of sp³-hybridized carbons (Fsp3) is 0.588. The Morgan fingerprint density at radius 3 is 2.50 bits per heavy atom. The molecule has 0 saturated carbocycles. The minimum Gasteiger partial charge on any atom is -0.373 e. The number of ether oxygens (including phenoxy) is 1. The van der Waals surface area contributed by atoms with Crippen LogP contribution in [0.3, 0.4) is 0 Å². The van der Waals surface area contributed by atoms with E-state index in [-0.39, 0.29) is 30.1 Å². The molecule has 5 heteroatoms. The third-order valence-electron chi connectivity index (χ3n) is 3.75. The van der Waals surface area contributed by atoms with Gasteiger partial charge in [-0.05, 0) is 32.3 Å². The minimum absolute atomic E-state index is 0. The van der Waals surface area contributed by atoms with E-state index in [0.29, 0.717) is 5.92 Å². The van der Waals surface area contributed by atoms with Gasteiger partial charge in [0.25, 0.3) is 0 Å². The smallest absolute Gasteiger partial charge is 0.191 e. The number of rotatable bonds is 5. The molecule has 1 aromatic carbocycles. The number of benzene rings is 1. The third kappa shape index (κ3) is 5.76. The third-order valence-corrected chi connectivity index (χ3v) is 3.75. The average Bonchev–Trinajstić information content (AvgIpc) is 2.54. The summed E-state index contributed by atoms with van der Waals surface area (Å²) >= 11 is 0. The van der Waals surface area contributed by atoms with Crippen molar-refractivity contribution >= 4 is 29.9 Å². The number of nitrogens with one attached hydrogen (secondary N) is 2. The molecule has 1 saturated heterocycles. The second kappa shape index (κ2) is 10.8. The molecule has 22 heavy (non-hydrogen) atoms. The van der Waals surface area contributed by atoms with Crippen molar-refractivity contribution in [3.63, 3.8) is 0 Å². The van der Waals surface area contributed by atoms with Crippen LogP contribution >= 0.6 is 24.0 Å². The van der Waals surface area contributed by atoms with Crippen molar-refractivity contribution in [3.05, 3.63) is 35.9 Å². The van der Waals surface area contributed by atoms with Gasteiger partial charge in [-0.15, -0.1) is 24.0 Å². The lowest BCUT2D eigenvalue weighted by atomic mass is 9.89. The predicted molar refractivity (Wildman–Crippen MR) is 103 cm³/mol. The summed E-state index contributed by atoms with van der Waals surface area (Å²) in [6.45, 7) is 7.60. The molecule has 2 atom stereocenters. The summed E-state index contributed by atoms with van der Waals surface area (Å²) in [5, 5.41) is 6.55. The Kier molecular flexibility index (Phi) is 9.47. The Hall–Kier alpha value is -0.820. The van der Waals surface area contributed by atoms with Gasteiger partial charge < -0.3 is 15.4 Å². The molecule has 1 heterocycles. The van der Waals surface area contributed by atoms with Crippen molar-refractivity contribution in [1.82, 2.24) is 10.6 Å². The number of guanidine groups is 1. The van der Waals surface area contributed by atoms with Crippen LogP contribution in [0.2, 0.25) is 0 Å².